The Bertz CT molecular complexity index is 2290. The van der Waals surface area contributed by atoms with Crippen LogP contribution in [0.25, 0.3) is 0 Å². The minimum atomic E-state index is -1.36. The Hall–Kier alpha value is -5.42. The lowest BCUT2D eigenvalue weighted by molar-refractivity contribution is -0.128. The second-order valence-corrected chi connectivity index (χ2v) is 15.7. The summed E-state index contributed by atoms with van der Waals surface area (Å²) in [6.45, 7) is 1.60. The monoisotopic (exact) mass is 902 g/mol. The van der Waals surface area contributed by atoms with Crippen LogP contribution in [0.1, 0.15) is 45.9 Å². The van der Waals surface area contributed by atoms with E-state index in [0.717, 1.165) is 42.3 Å². The van der Waals surface area contributed by atoms with Crippen molar-refractivity contribution in [2.45, 2.75) is 44.1 Å². The summed E-state index contributed by atoms with van der Waals surface area (Å²) >= 11 is 7.29. The topological polar surface area (TPSA) is 98.6 Å². The Kier molecular flexibility index (Phi) is 13.9. The minimum Gasteiger partial charge on any atom is -0.494 e. The minimum absolute atomic E-state index is 0.0579. The zero-order chi connectivity index (χ0) is 40.2. The van der Waals surface area contributed by atoms with Gasteiger partial charge in [0, 0.05) is 46.1 Å². The van der Waals surface area contributed by atoms with E-state index in [4.69, 9.17) is 29.0 Å². The van der Waals surface area contributed by atoms with E-state index in [2.05, 4.69) is 37.2 Å². The van der Waals surface area contributed by atoms with E-state index in [1.54, 1.807) is 0 Å². The maximum Gasteiger partial charge on any atom is 0.252 e. The quantitative estimate of drug-likeness (QED) is 0.0834. The third-order valence-corrected chi connectivity index (χ3v) is 11.0. The predicted octanol–water partition coefficient (Wildman–Crippen LogP) is 9.99. The number of halogens is 2. The van der Waals surface area contributed by atoms with E-state index in [0.29, 0.717) is 62.4 Å². The number of carbonyl (C=O) groups is 1. The number of aliphatic hydroxyl groups is 1. The van der Waals surface area contributed by atoms with Gasteiger partial charge in [0.05, 0.1) is 6.61 Å². The maximum atomic E-state index is 14.9. The SMILES string of the molecule is O=C(NCCc1ccc(OCc2ccccc2)c(OCc2ccccc2)c1)[C@]1(Cc2ccc(Br)cc2)N=C(c2ccc(OCCCO)cc2)O[C@@H]1c1ccccc1Br. The molecule has 58 heavy (non-hydrogen) atoms. The molecule has 0 bridgehead atoms. The first kappa shape index (κ1) is 40.8. The fourth-order valence-electron chi connectivity index (χ4n) is 6.74. The summed E-state index contributed by atoms with van der Waals surface area (Å²) in [5.41, 5.74) is 4.19. The number of aliphatic hydroxyl groups excluding tert-OH is 1. The summed E-state index contributed by atoms with van der Waals surface area (Å²) < 4.78 is 26.8. The molecule has 0 fully saturated rings. The van der Waals surface area contributed by atoms with Crippen LogP contribution in [0, 0.1) is 0 Å². The molecular weight excluding hydrogens is 860 g/mol. The zero-order valence-corrected chi connectivity index (χ0v) is 35.0. The Balaban J connectivity index is 1.16. The molecule has 0 spiro atoms. The first-order valence-corrected chi connectivity index (χ1v) is 20.8. The van der Waals surface area contributed by atoms with E-state index < -0.39 is 11.6 Å². The molecule has 2 N–H and O–H groups in total. The summed E-state index contributed by atoms with van der Waals surface area (Å²) in [5, 5.41) is 12.4. The van der Waals surface area contributed by atoms with Crippen LogP contribution in [0.4, 0.5) is 0 Å². The molecule has 1 aliphatic rings. The molecule has 0 radical (unpaired) electrons. The Morgan fingerprint density at radius 2 is 1.34 bits per heavy atom. The number of ether oxygens (including phenoxy) is 4. The number of aliphatic imine (C=N–C) groups is 1. The first-order chi connectivity index (χ1) is 28.4. The van der Waals surface area contributed by atoms with Crippen LogP contribution >= 0.6 is 31.9 Å². The highest BCUT2D eigenvalue weighted by Gasteiger charge is 2.53. The van der Waals surface area contributed by atoms with E-state index in [9.17, 15) is 4.79 Å². The molecule has 6 aromatic carbocycles. The van der Waals surface area contributed by atoms with Gasteiger partial charge in [0.1, 0.15) is 19.0 Å². The largest absolute Gasteiger partial charge is 0.494 e. The van der Waals surface area contributed by atoms with Gasteiger partial charge >= 0.3 is 0 Å². The van der Waals surface area contributed by atoms with Gasteiger partial charge in [-0.2, -0.15) is 0 Å². The molecule has 1 amide bonds. The molecule has 0 aromatic heterocycles. The number of rotatable bonds is 18. The van der Waals surface area contributed by atoms with Crippen LogP contribution in [0.5, 0.6) is 17.2 Å². The van der Waals surface area contributed by atoms with Crippen LogP contribution in [0.3, 0.4) is 0 Å². The van der Waals surface area contributed by atoms with Crippen molar-refractivity contribution >= 4 is 43.7 Å². The standard InChI is InChI=1S/C48H44Br2N2O6/c49-39-21-16-35(17-22-39)31-48(45(41-14-7-8-15-42(41)50)58-46(52-48)38-19-23-40(24-20-38)55-29-9-28-53)47(54)51-27-26-34-18-25-43(56-32-36-10-3-1-4-11-36)44(30-34)57-33-37-12-5-2-6-13-37/h1-8,10-25,30,45,53H,9,26-29,31-33H2,(H,51,54)/t45-,48-/m1/s1. The third-order valence-electron chi connectivity index (χ3n) is 9.79. The summed E-state index contributed by atoms with van der Waals surface area (Å²) in [4.78, 5) is 20.1. The van der Waals surface area contributed by atoms with Crippen LogP contribution in [0.15, 0.2) is 166 Å². The van der Waals surface area contributed by atoms with E-state index in [1.165, 1.54) is 0 Å². The smallest absolute Gasteiger partial charge is 0.252 e. The van der Waals surface area contributed by atoms with Crippen molar-refractivity contribution in [2.75, 3.05) is 19.8 Å². The first-order valence-electron chi connectivity index (χ1n) is 19.2. The molecule has 10 heteroatoms. The van der Waals surface area contributed by atoms with Crippen molar-refractivity contribution in [3.63, 3.8) is 0 Å². The fourth-order valence-corrected chi connectivity index (χ4v) is 7.50. The van der Waals surface area contributed by atoms with Crippen molar-refractivity contribution in [1.82, 2.24) is 5.32 Å². The molecule has 7 rings (SSSR count). The number of nitrogens with zero attached hydrogens (tertiary/aromatic N) is 1. The van der Waals surface area contributed by atoms with Gasteiger partial charge in [-0.3, -0.25) is 4.79 Å². The van der Waals surface area contributed by atoms with Crippen molar-refractivity contribution in [3.8, 4) is 17.2 Å². The zero-order valence-electron chi connectivity index (χ0n) is 31.9. The highest BCUT2D eigenvalue weighted by atomic mass is 79.9. The molecule has 8 nitrogen and oxygen atoms in total. The molecule has 1 aliphatic heterocycles. The van der Waals surface area contributed by atoms with Gasteiger partial charge in [0.15, 0.2) is 23.1 Å². The summed E-state index contributed by atoms with van der Waals surface area (Å²) in [6, 6.07) is 49.1. The normalized spacial score (nSPS) is 15.9. The Labute approximate surface area is 356 Å². The lowest BCUT2D eigenvalue weighted by atomic mass is 9.82. The average molecular weight is 905 g/mol. The molecular formula is C48H44Br2N2O6. The van der Waals surface area contributed by atoms with Gasteiger partial charge in [0.2, 0.25) is 5.90 Å². The van der Waals surface area contributed by atoms with Crippen molar-refractivity contribution in [1.29, 1.82) is 0 Å². The van der Waals surface area contributed by atoms with Gasteiger partial charge in [-0.1, -0.05) is 129 Å². The van der Waals surface area contributed by atoms with Gasteiger partial charge in [-0.15, -0.1) is 0 Å². The van der Waals surface area contributed by atoms with Gasteiger partial charge in [-0.05, 0) is 83.3 Å². The Morgan fingerprint density at radius 1 is 0.707 bits per heavy atom. The maximum absolute atomic E-state index is 14.9. The summed E-state index contributed by atoms with van der Waals surface area (Å²) in [7, 11) is 0. The van der Waals surface area contributed by atoms with Gasteiger partial charge < -0.3 is 29.4 Å². The lowest BCUT2D eigenvalue weighted by Gasteiger charge is -2.31. The second-order valence-electron chi connectivity index (χ2n) is 13.9. The number of hydrogen-bond acceptors (Lipinski definition) is 7. The van der Waals surface area contributed by atoms with Crippen LogP contribution < -0.4 is 19.5 Å². The van der Waals surface area contributed by atoms with Crippen molar-refractivity contribution in [2.24, 2.45) is 4.99 Å². The molecule has 1 heterocycles. The lowest BCUT2D eigenvalue weighted by Crippen LogP contribution is -2.50. The van der Waals surface area contributed by atoms with Crippen LogP contribution in [0.2, 0.25) is 0 Å². The van der Waals surface area contributed by atoms with Crippen molar-refractivity contribution in [3.05, 3.63) is 194 Å². The number of carbonyl (C=O) groups excluding carboxylic acids is 1. The number of nitrogens with one attached hydrogen (secondary N) is 1. The van der Waals surface area contributed by atoms with E-state index in [-0.39, 0.29) is 18.9 Å². The fraction of sp³-hybridized carbons (Fsp3) is 0.208. The number of amides is 1. The van der Waals surface area contributed by atoms with Gasteiger partial charge in [-0.25, -0.2) is 4.99 Å². The molecule has 0 saturated heterocycles. The molecule has 0 unspecified atom stereocenters. The Morgan fingerprint density at radius 3 is 2.02 bits per heavy atom. The molecule has 2 atom stereocenters. The highest BCUT2D eigenvalue weighted by molar-refractivity contribution is 9.10. The molecule has 6 aromatic rings. The van der Waals surface area contributed by atoms with Crippen LogP contribution in [-0.2, 0) is 35.6 Å². The van der Waals surface area contributed by atoms with E-state index >= 15 is 0 Å². The molecule has 0 saturated carbocycles. The summed E-state index contributed by atoms with van der Waals surface area (Å²) in [6.07, 6.45) is 0.613. The number of hydrogen-bond donors (Lipinski definition) is 2. The molecule has 296 valence electrons. The van der Waals surface area contributed by atoms with E-state index in [1.807, 2.05) is 152 Å². The predicted molar refractivity (Wildman–Crippen MR) is 233 cm³/mol. The second kappa shape index (κ2) is 19.8. The van der Waals surface area contributed by atoms with Crippen molar-refractivity contribution < 1.29 is 28.8 Å². The number of benzene rings is 6. The highest BCUT2D eigenvalue weighted by Crippen LogP contribution is 2.45. The van der Waals surface area contributed by atoms with Crippen LogP contribution in [-0.4, -0.2) is 42.2 Å². The third kappa shape index (κ3) is 10.4. The average Bonchev–Trinajstić information content (AvgIpc) is 3.64. The van der Waals surface area contributed by atoms with Gasteiger partial charge in [0.25, 0.3) is 5.91 Å². The molecule has 0 aliphatic carbocycles. The summed E-state index contributed by atoms with van der Waals surface area (Å²) in [5.74, 6) is 2.06.